The number of amides is 1. The molecule has 3 aromatic heterocycles. The van der Waals surface area contributed by atoms with Gasteiger partial charge in [0.1, 0.15) is 0 Å². The van der Waals surface area contributed by atoms with E-state index in [0.717, 1.165) is 48.5 Å². The van der Waals surface area contributed by atoms with Gasteiger partial charge in [-0.05, 0) is 49.6 Å². The number of rotatable bonds is 5. The molecule has 0 radical (unpaired) electrons. The van der Waals surface area contributed by atoms with Gasteiger partial charge >= 0.3 is 0 Å². The van der Waals surface area contributed by atoms with Gasteiger partial charge < -0.3 is 4.90 Å². The molecule has 4 aromatic rings. The molecule has 5 rings (SSSR count). The molecule has 4 heterocycles. The maximum Gasteiger partial charge on any atom is 0.254 e. The zero-order chi connectivity index (χ0) is 23.5. The van der Waals surface area contributed by atoms with Gasteiger partial charge in [0.05, 0.1) is 11.9 Å². The van der Waals surface area contributed by atoms with Crippen LogP contribution in [0.5, 0.6) is 0 Å². The summed E-state index contributed by atoms with van der Waals surface area (Å²) in [6.45, 7) is 3.57. The number of pyridine rings is 2. The highest BCUT2D eigenvalue weighted by Crippen LogP contribution is 2.28. The summed E-state index contributed by atoms with van der Waals surface area (Å²) in [5.74, 6) is 0.294. The number of nitrogens with zero attached hydrogens (tertiary/aromatic N) is 5. The van der Waals surface area contributed by atoms with Crippen molar-refractivity contribution in [3.8, 4) is 11.3 Å². The van der Waals surface area contributed by atoms with Crippen LogP contribution in [-0.2, 0) is 13.5 Å². The number of likely N-dealkylation sites (tertiary alicyclic amines) is 1. The van der Waals surface area contributed by atoms with E-state index in [2.05, 4.69) is 59.5 Å². The Morgan fingerprint density at radius 2 is 2.00 bits per heavy atom. The Kier molecular flexibility index (Phi) is 6.21. The fourth-order valence-electron chi connectivity index (χ4n) is 4.72. The first kappa shape index (κ1) is 22.0. The monoisotopic (exact) mass is 451 g/mol. The van der Waals surface area contributed by atoms with E-state index in [1.54, 1.807) is 23.1 Å². The molecule has 0 aliphatic carbocycles. The van der Waals surface area contributed by atoms with Crippen LogP contribution in [0.2, 0.25) is 0 Å². The fourth-order valence-corrected chi connectivity index (χ4v) is 4.72. The first-order chi connectivity index (χ1) is 16.5. The van der Waals surface area contributed by atoms with Crippen molar-refractivity contribution in [1.29, 1.82) is 0 Å². The maximum atomic E-state index is 13.4. The van der Waals surface area contributed by atoms with Gasteiger partial charge in [0, 0.05) is 67.4 Å². The number of carbonyl (C=O) groups is 1. The average molecular weight is 452 g/mol. The summed E-state index contributed by atoms with van der Waals surface area (Å²) >= 11 is 0. The lowest BCUT2D eigenvalue weighted by Crippen LogP contribution is -2.39. The highest BCUT2D eigenvalue weighted by molar-refractivity contribution is 5.95. The lowest BCUT2D eigenvalue weighted by atomic mass is 9.93. The minimum atomic E-state index is 0.0492. The maximum absolute atomic E-state index is 13.4. The van der Waals surface area contributed by atoms with Crippen molar-refractivity contribution in [3.05, 3.63) is 101 Å². The van der Waals surface area contributed by atoms with E-state index < -0.39 is 0 Å². The minimum absolute atomic E-state index is 0.0492. The number of piperidine rings is 1. The molecule has 0 spiro atoms. The zero-order valence-corrected chi connectivity index (χ0v) is 19.7. The predicted octanol–water partition coefficient (Wildman–Crippen LogP) is 4.80. The number of aryl methyl sites for hydroxylation is 2. The first-order valence-electron chi connectivity index (χ1n) is 11.8. The Morgan fingerprint density at radius 1 is 1.12 bits per heavy atom. The normalized spacial score (nSPS) is 15.9. The van der Waals surface area contributed by atoms with Gasteiger partial charge in [-0.3, -0.25) is 19.4 Å². The molecule has 1 aliphatic rings. The standard InChI is InChI=1S/C28H29N5O/c1-20-6-3-7-21(14-20)15-25-9-4-10-26(31-25)23-8-5-13-33(19-23)28(34)22-11-12-29-27(16-22)24-17-30-32(2)18-24/h3-4,6-7,9-12,14,16-18,23H,5,8,13,15,19H2,1-2H3/t23-/m0/s1. The SMILES string of the molecule is Cc1cccc(Cc2cccc([C@H]3CCCN(C(=O)c4ccnc(-c5cnn(C)c5)c4)C3)n2)c1. The average Bonchev–Trinajstić information content (AvgIpc) is 3.30. The van der Waals surface area contributed by atoms with Crippen LogP contribution in [-0.4, -0.2) is 43.6 Å². The Morgan fingerprint density at radius 3 is 2.82 bits per heavy atom. The van der Waals surface area contributed by atoms with Gasteiger partial charge in [0.25, 0.3) is 5.91 Å². The number of hydrogen-bond donors (Lipinski definition) is 0. The van der Waals surface area contributed by atoms with Crippen LogP contribution in [0.25, 0.3) is 11.3 Å². The van der Waals surface area contributed by atoms with Gasteiger partial charge in [0.2, 0.25) is 0 Å². The minimum Gasteiger partial charge on any atom is -0.338 e. The molecule has 172 valence electrons. The van der Waals surface area contributed by atoms with Gasteiger partial charge in [-0.1, -0.05) is 35.9 Å². The van der Waals surface area contributed by atoms with Gasteiger partial charge in [-0.2, -0.15) is 5.10 Å². The molecule has 0 bridgehead atoms. The molecular formula is C28H29N5O. The van der Waals surface area contributed by atoms with Gasteiger partial charge in [-0.15, -0.1) is 0 Å². The molecule has 0 N–H and O–H groups in total. The summed E-state index contributed by atoms with van der Waals surface area (Å²) in [7, 11) is 1.87. The van der Waals surface area contributed by atoms with Crippen molar-refractivity contribution < 1.29 is 4.79 Å². The van der Waals surface area contributed by atoms with E-state index in [4.69, 9.17) is 4.98 Å². The number of hydrogen-bond acceptors (Lipinski definition) is 4. The van der Waals surface area contributed by atoms with Crippen LogP contribution in [0.1, 0.15) is 51.6 Å². The Hall–Kier alpha value is -3.80. The molecule has 6 nitrogen and oxygen atoms in total. The molecule has 1 atom stereocenters. The van der Waals surface area contributed by atoms with Crippen LogP contribution in [0, 0.1) is 6.92 Å². The van der Waals surface area contributed by atoms with Crippen molar-refractivity contribution in [1.82, 2.24) is 24.6 Å². The quantitative estimate of drug-likeness (QED) is 0.437. The van der Waals surface area contributed by atoms with Crippen LogP contribution < -0.4 is 0 Å². The molecule has 1 aliphatic heterocycles. The van der Waals surface area contributed by atoms with E-state index in [1.165, 1.54) is 11.1 Å². The summed E-state index contributed by atoms with van der Waals surface area (Å²) in [6, 6.07) is 18.5. The Bertz CT molecular complexity index is 1310. The summed E-state index contributed by atoms with van der Waals surface area (Å²) in [5.41, 5.74) is 7.01. The second kappa shape index (κ2) is 9.59. The molecule has 1 fully saturated rings. The predicted molar refractivity (Wildman–Crippen MR) is 133 cm³/mol. The summed E-state index contributed by atoms with van der Waals surface area (Å²) in [5, 5.41) is 4.21. The van der Waals surface area contributed by atoms with E-state index in [0.29, 0.717) is 12.1 Å². The van der Waals surface area contributed by atoms with Gasteiger partial charge in [0.15, 0.2) is 0 Å². The lowest BCUT2D eigenvalue weighted by molar-refractivity contribution is 0.0706. The lowest BCUT2D eigenvalue weighted by Gasteiger charge is -2.32. The highest BCUT2D eigenvalue weighted by Gasteiger charge is 2.26. The van der Waals surface area contributed by atoms with Crippen molar-refractivity contribution in [3.63, 3.8) is 0 Å². The van der Waals surface area contributed by atoms with E-state index in [-0.39, 0.29) is 11.8 Å². The zero-order valence-electron chi connectivity index (χ0n) is 19.7. The second-order valence-corrected chi connectivity index (χ2v) is 9.14. The summed E-state index contributed by atoms with van der Waals surface area (Å²) < 4.78 is 1.74. The topological polar surface area (TPSA) is 63.9 Å². The molecule has 1 amide bonds. The number of benzene rings is 1. The molecular weight excluding hydrogens is 422 g/mol. The molecule has 0 unspecified atom stereocenters. The molecule has 1 saturated heterocycles. The molecule has 1 aromatic carbocycles. The molecule has 6 heteroatoms. The van der Waals surface area contributed by atoms with Crippen molar-refractivity contribution in [2.45, 2.75) is 32.1 Å². The Balaban J connectivity index is 1.31. The fraction of sp³-hybridized carbons (Fsp3) is 0.286. The third-order valence-corrected chi connectivity index (χ3v) is 6.43. The van der Waals surface area contributed by atoms with Crippen LogP contribution in [0.3, 0.4) is 0 Å². The largest absolute Gasteiger partial charge is 0.338 e. The van der Waals surface area contributed by atoms with Crippen LogP contribution >= 0.6 is 0 Å². The summed E-state index contributed by atoms with van der Waals surface area (Å²) in [4.78, 5) is 24.7. The van der Waals surface area contributed by atoms with Crippen molar-refractivity contribution in [2.75, 3.05) is 13.1 Å². The van der Waals surface area contributed by atoms with E-state index >= 15 is 0 Å². The van der Waals surface area contributed by atoms with Gasteiger partial charge in [-0.25, -0.2) is 0 Å². The van der Waals surface area contributed by atoms with E-state index in [9.17, 15) is 4.79 Å². The van der Waals surface area contributed by atoms with Crippen LogP contribution in [0.15, 0.2) is 73.2 Å². The smallest absolute Gasteiger partial charge is 0.254 e. The third kappa shape index (κ3) is 4.91. The van der Waals surface area contributed by atoms with E-state index in [1.807, 2.05) is 24.2 Å². The van der Waals surface area contributed by atoms with Crippen molar-refractivity contribution >= 4 is 5.91 Å². The number of carbonyl (C=O) groups excluding carboxylic acids is 1. The summed E-state index contributed by atoms with van der Waals surface area (Å²) in [6.07, 6.45) is 8.21. The third-order valence-electron chi connectivity index (χ3n) is 6.43. The van der Waals surface area contributed by atoms with Crippen LogP contribution in [0.4, 0.5) is 0 Å². The highest BCUT2D eigenvalue weighted by atomic mass is 16.2. The molecule has 0 saturated carbocycles. The number of aromatic nitrogens is 4. The second-order valence-electron chi connectivity index (χ2n) is 9.14. The first-order valence-corrected chi connectivity index (χ1v) is 11.8. The Labute approximate surface area is 200 Å². The molecule has 34 heavy (non-hydrogen) atoms. The van der Waals surface area contributed by atoms with Crippen molar-refractivity contribution in [2.24, 2.45) is 7.05 Å².